The maximum atomic E-state index is 12.3. The van der Waals surface area contributed by atoms with Gasteiger partial charge in [-0.25, -0.2) is 0 Å². The normalized spacial score (nSPS) is 19.2. The molecule has 0 radical (unpaired) electrons. The number of ether oxygens (including phenoxy) is 1. The minimum absolute atomic E-state index is 0.252. The molecule has 1 saturated heterocycles. The van der Waals surface area contributed by atoms with Gasteiger partial charge in [-0.2, -0.15) is 0 Å². The minimum atomic E-state index is 0.252. The lowest BCUT2D eigenvalue weighted by Crippen LogP contribution is -2.31. The van der Waals surface area contributed by atoms with Gasteiger partial charge >= 0.3 is 0 Å². The Morgan fingerprint density at radius 1 is 1.37 bits per heavy atom. The number of carbonyl (C=O) groups is 1. The molecular weight excluding hydrogens is 238 g/mol. The number of hydrogen-bond acceptors (Lipinski definition) is 3. The highest BCUT2D eigenvalue weighted by atomic mass is 16.5. The van der Waals surface area contributed by atoms with Crippen LogP contribution in [0.4, 0.5) is 0 Å². The van der Waals surface area contributed by atoms with Crippen LogP contribution < -0.4 is 10.1 Å². The summed E-state index contributed by atoms with van der Waals surface area (Å²) in [5.74, 6) is 1.63. The summed E-state index contributed by atoms with van der Waals surface area (Å²) in [5.41, 5.74) is 2.89. The van der Waals surface area contributed by atoms with Crippen LogP contribution in [-0.4, -0.2) is 26.0 Å². The Hall–Kier alpha value is -1.35. The summed E-state index contributed by atoms with van der Waals surface area (Å²) in [7, 11) is 1.67. The van der Waals surface area contributed by atoms with Crippen molar-refractivity contribution in [3.63, 3.8) is 0 Å². The standard InChI is InChI=1S/C16H23NO2/c1-11-7-14(8-12(2)16(11)19-3)15(18)9-13-5-4-6-17-10-13/h7-8,13,17H,4-6,9-10H2,1-3H3. The van der Waals surface area contributed by atoms with Crippen LogP contribution in [0.15, 0.2) is 12.1 Å². The highest BCUT2D eigenvalue weighted by molar-refractivity contribution is 5.96. The lowest BCUT2D eigenvalue weighted by Gasteiger charge is -2.22. The molecule has 1 N–H and O–H groups in total. The van der Waals surface area contributed by atoms with E-state index in [1.807, 2.05) is 26.0 Å². The number of Topliss-reactive ketones (excluding diaryl/α,β-unsaturated/α-hetero) is 1. The summed E-state index contributed by atoms with van der Waals surface area (Å²) in [6.07, 6.45) is 2.99. The molecule has 0 bridgehead atoms. The molecule has 1 aliphatic rings. The zero-order chi connectivity index (χ0) is 13.8. The van der Waals surface area contributed by atoms with Crippen molar-refractivity contribution in [1.29, 1.82) is 0 Å². The van der Waals surface area contributed by atoms with Crippen molar-refractivity contribution >= 4 is 5.78 Å². The summed E-state index contributed by atoms with van der Waals surface area (Å²) in [6, 6.07) is 3.90. The molecule has 2 rings (SSSR count). The van der Waals surface area contributed by atoms with Crippen LogP contribution in [0.2, 0.25) is 0 Å². The smallest absolute Gasteiger partial charge is 0.163 e. The molecule has 1 unspecified atom stereocenters. The van der Waals surface area contributed by atoms with E-state index in [0.29, 0.717) is 12.3 Å². The summed E-state index contributed by atoms with van der Waals surface area (Å²) >= 11 is 0. The molecular formula is C16H23NO2. The van der Waals surface area contributed by atoms with Gasteiger partial charge in [0, 0.05) is 12.0 Å². The van der Waals surface area contributed by atoms with E-state index in [1.165, 1.54) is 6.42 Å². The summed E-state index contributed by atoms with van der Waals surface area (Å²) in [5, 5.41) is 3.36. The van der Waals surface area contributed by atoms with Crippen LogP contribution in [0, 0.1) is 19.8 Å². The Kier molecular flexibility index (Phi) is 4.59. The third kappa shape index (κ3) is 3.35. The van der Waals surface area contributed by atoms with Gasteiger partial charge in [0.15, 0.2) is 5.78 Å². The number of benzene rings is 1. The van der Waals surface area contributed by atoms with E-state index in [2.05, 4.69) is 5.32 Å². The Morgan fingerprint density at radius 3 is 2.58 bits per heavy atom. The highest BCUT2D eigenvalue weighted by Gasteiger charge is 2.18. The van der Waals surface area contributed by atoms with Gasteiger partial charge < -0.3 is 10.1 Å². The number of rotatable bonds is 4. The van der Waals surface area contributed by atoms with Crippen LogP contribution in [0.5, 0.6) is 5.75 Å². The van der Waals surface area contributed by atoms with Crippen LogP contribution in [0.25, 0.3) is 0 Å². The van der Waals surface area contributed by atoms with Gasteiger partial charge in [-0.1, -0.05) is 0 Å². The zero-order valence-corrected chi connectivity index (χ0v) is 12.1. The number of methoxy groups -OCH3 is 1. The van der Waals surface area contributed by atoms with Crippen molar-refractivity contribution in [2.75, 3.05) is 20.2 Å². The van der Waals surface area contributed by atoms with E-state index in [4.69, 9.17) is 4.74 Å². The Morgan fingerprint density at radius 2 is 2.05 bits per heavy atom. The van der Waals surface area contributed by atoms with Crippen molar-refractivity contribution in [1.82, 2.24) is 5.32 Å². The fraction of sp³-hybridized carbons (Fsp3) is 0.562. The third-order valence-corrected chi connectivity index (χ3v) is 3.86. The maximum absolute atomic E-state index is 12.3. The maximum Gasteiger partial charge on any atom is 0.163 e. The molecule has 1 fully saturated rings. The summed E-state index contributed by atoms with van der Waals surface area (Å²) < 4.78 is 5.34. The second kappa shape index (κ2) is 6.20. The van der Waals surface area contributed by atoms with E-state index in [-0.39, 0.29) is 5.78 Å². The lowest BCUT2D eigenvalue weighted by molar-refractivity contribution is 0.0953. The predicted octanol–water partition coefficient (Wildman–Crippen LogP) is 2.88. The largest absolute Gasteiger partial charge is 0.496 e. The molecule has 0 saturated carbocycles. The Labute approximate surface area is 115 Å². The molecule has 0 amide bonds. The number of carbonyl (C=O) groups excluding carboxylic acids is 1. The van der Waals surface area contributed by atoms with Gasteiger partial charge in [0.2, 0.25) is 0 Å². The minimum Gasteiger partial charge on any atom is -0.496 e. The van der Waals surface area contributed by atoms with Crippen LogP contribution >= 0.6 is 0 Å². The van der Waals surface area contributed by atoms with E-state index < -0.39 is 0 Å². The topological polar surface area (TPSA) is 38.3 Å². The summed E-state index contributed by atoms with van der Waals surface area (Å²) in [6.45, 7) is 6.04. The molecule has 19 heavy (non-hydrogen) atoms. The number of nitrogens with one attached hydrogen (secondary N) is 1. The zero-order valence-electron chi connectivity index (χ0n) is 12.1. The first-order valence-electron chi connectivity index (χ1n) is 7.01. The molecule has 1 aromatic rings. The van der Waals surface area contributed by atoms with Crippen molar-refractivity contribution in [2.24, 2.45) is 5.92 Å². The molecule has 1 aliphatic heterocycles. The van der Waals surface area contributed by atoms with E-state index in [1.54, 1.807) is 7.11 Å². The third-order valence-electron chi connectivity index (χ3n) is 3.86. The number of hydrogen-bond donors (Lipinski definition) is 1. The molecule has 3 heteroatoms. The van der Waals surface area contributed by atoms with Crippen molar-refractivity contribution in [3.8, 4) is 5.75 Å². The Balaban J connectivity index is 2.10. The van der Waals surface area contributed by atoms with Gasteiger partial charge in [-0.15, -0.1) is 0 Å². The van der Waals surface area contributed by atoms with Crippen LogP contribution in [0.3, 0.4) is 0 Å². The molecule has 3 nitrogen and oxygen atoms in total. The van der Waals surface area contributed by atoms with Gasteiger partial charge in [0.05, 0.1) is 7.11 Å². The average molecular weight is 261 g/mol. The quantitative estimate of drug-likeness (QED) is 0.847. The van der Waals surface area contributed by atoms with Crippen molar-refractivity contribution in [2.45, 2.75) is 33.1 Å². The van der Waals surface area contributed by atoms with Crippen molar-refractivity contribution < 1.29 is 9.53 Å². The average Bonchev–Trinajstić information content (AvgIpc) is 2.39. The fourth-order valence-corrected chi connectivity index (χ4v) is 2.91. The number of aryl methyl sites for hydroxylation is 2. The van der Waals surface area contributed by atoms with Crippen LogP contribution in [-0.2, 0) is 0 Å². The molecule has 1 aromatic carbocycles. The molecule has 0 spiro atoms. The van der Waals surface area contributed by atoms with Crippen molar-refractivity contribution in [3.05, 3.63) is 28.8 Å². The van der Waals surface area contributed by atoms with E-state index >= 15 is 0 Å². The second-order valence-electron chi connectivity index (χ2n) is 5.48. The molecule has 1 heterocycles. The van der Waals surface area contributed by atoms with Gasteiger partial charge in [-0.05, 0) is 69.0 Å². The van der Waals surface area contributed by atoms with E-state index in [0.717, 1.165) is 42.0 Å². The van der Waals surface area contributed by atoms with E-state index in [9.17, 15) is 4.79 Å². The monoisotopic (exact) mass is 261 g/mol. The van der Waals surface area contributed by atoms with Gasteiger partial charge in [0.25, 0.3) is 0 Å². The van der Waals surface area contributed by atoms with Gasteiger partial charge in [0.1, 0.15) is 5.75 Å². The first-order chi connectivity index (χ1) is 9.11. The predicted molar refractivity (Wildman–Crippen MR) is 77.0 cm³/mol. The molecule has 104 valence electrons. The first-order valence-corrected chi connectivity index (χ1v) is 7.01. The molecule has 0 aliphatic carbocycles. The van der Waals surface area contributed by atoms with Crippen LogP contribution in [0.1, 0.15) is 40.7 Å². The first kappa shape index (κ1) is 14.1. The highest BCUT2D eigenvalue weighted by Crippen LogP contribution is 2.26. The second-order valence-corrected chi connectivity index (χ2v) is 5.48. The molecule has 0 aromatic heterocycles. The lowest BCUT2D eigenvalue weighted by atomic mass is 9.91. The Bertz CT molecular complexity index is 439. The number of piperidine rings is 1. The SMILES string of the molecule is COc1c(C)cc(C(=O)CC2CCCNC2)cc1C. The van der Waals surface area contributed by atoms with Gasteiger partial charge in [-0.3, -0.25) is 4.79 Å². The summed E-state index contributed by atoms with van der Waals surface area (Å²) in [4.78, 5) is 12.3. The number of ketones is 1. The molecule has 1 atom stereocenters. The fourth-order valence-electron chi connectivity index (χ4n) is 2.91.